The maximum Gasteiger partial charge on any atom is 0.254 e. The largest absolute Gasteiger partial charge is 0.368 e. The molecule has 2 aliphatic rings. The number of rotatable bonds is 5. The molecule has 7 nitrogen and oxygen atoms in total. The predicted molar refractivity (Wildman–Crippen MR) is 133 cm³/mol. The number of benzene rings is 1. The second-order valence-electron chi connectivity index (χ2n) is 8.48. The number of carbonyl (C=O) groups is 1. The third kappa shape index (κ3) is 4.32. The first-order valence-corrected chi connectivity index (χ1v) is 11.3. The number of allylic oxidation sites excluding steroid dienone is 1. The molecule has 7 heteroatoms. The Bertz CT molecular complexity index is 1200. The number of hydrogen-bond acceptors (Lipinski definition) is 6. The molecule has 2 aromatic heterocycles. The van der Waals surface area contributed by atoms with Gasteiger partial charge in [-0.15, -0.1) is 0 Å². The number of nitrogens with one attached hydrogen (secondary N) is 2. The highest BCUT2D eigenvalue weighted by molar-refractivity contribution is 6.06. The Hall–Kier alpha value is -3.71. The lowest BCUT2D eigenvalue weighted by atomic mass is 9.95. The molecule has 3 aromatic rings. The van der Waals surface area contributed by atoms with Crippen molar-refractivity contribution in [2.75, 3.05) is 43.4 Å². The van der Waals surface area contributed by atoms with Gasteiger partial charge in [0.15, 0.2) is 0 Å². The lowest BCUT2D eigenvalue weighted by Gasteiger charge is -2.33. The third-order valence-electron chi connectivity index (χ3n) is 6.27. The van der Waals surface area contributed by atoms with Crippen molar-refractivity contribution < 1.29 is 4.79 Å². The van der Waals surface area contributed by atoms with Crippen LogP contribution in [0.1, 0.15) is 28.5 Å². The van der Waals surface area contributed by atoms with Gasteiger partial charge in [0.25, 0.3) is 5.91 Å². The first kappa shape index (κ1) is 21.2. The van der Waals surface area contributed by atoms with E-state index in [1.54, 1.807) is 6.20 Å². The van der Waals surface area contributed by atoms with Crippen LogP contribution in [0, 0.1) is 0 Å². The van der Waals surface area contributed by atoms with Crippen LogP contribution in [0.15, 0.2) is 54.9 Å². The van der Waals surface area contributed by atoms with E-state index in [-0.39, 0.29) is 5.91 Å². The van der Waals surface area contributed by atoms with Gasteiger partial charge < -0.3 is 20.4 Å². The van der Waals surface area contributed by atoms with Crippen molar-refractivity contribution in [3.63, 3.8) is 0 Å². The van der Waals surface area contributed by atoms with Gasteiger partial charge in [-0.1, -0.05) is 12.1 Å². The van der Waals surface area contributed by atoms with Crippen molar-refractivity contribution >= 4 is 29.2 Å². The minimum Gasteiger partial charge on any atom is -0.368 e. The number of amides is 1. The quantitative estimate of drug-likeness (QED) is 0.627. The van der Waals surface area contributed by atoms with E-state index >= 15 is 0 Å². The molecule has 0 unspecified atom stereocenters. The summed E-state index contributed by atoms with van der Waals surface area (Å²) in [4.78, 5) is 26.4. The van der Waals surface area contributed by atoms with E-state index < -0.39 is 0 Å². The zero-order valence-corrected chi connectivity index (χ0v) is 19.0. The van der Waals surface area contributed by atoms with Crippen molar-refractivity contribution in [1.29, 1.82) is 0 Å². The molecular weight excluding hydrogens is 412 g/mol. The van der Waals surface area contributed by atoms with Gasteiger partial charge in [-0.25, -0.2) is 4.98 Å². The molecule has 33 heavy (non-hydrogen) atoms. The van der Waals surface area contributed by atoms with E-state index in [1.165, 1.54) is 0 Å². The number of anilines is 3. The van der Waals surface area contributed by atoms with Crippen molar-refractivity contribution in [1.82, 2.24) is 20.2 Å². The highest BCUT2D eigenvalue weighted by atomic mass is 16.1. The van der Waals surface area contributed by atoms with Crippen LogP contribution in [-0.4, -0.2) is 54.0 Å². The fraction of sp³-hybridized carbons (Fsp3) is 0.269. The van der Waals surface area contributed by atoms with Gasteiger partial charge in [0, 0.05) is 38.9 Å². The van der Waals surface area contributed by atoms with Gasteiger partial charge in [-0.05, 0) is 67.1 Å². The molecule has 1 amide bonds. The molecule has 5 rings (SSSR count). The zero-order chi connectivity index (χ0) is 22.8. The topological polar surface area (TPSA) is 73.4 Å². The molecule has 4 heterocycles. The molecule has 1 fully saturated rings. The summed E-state index contributed by atoms with van der Waals surface area (Å²) in [5.74, 6) is 0.660. The Kier molecular flexibility index (Phi) is 5.79. The number of likely N-dealkylation sites (N-methyl/N-ethyl adjacent to an activating group) is 1. The standard InChI is InChI=1S/C26H28N6O/c1-3-4-19-15-18(9-10-27-19)21-6-7-23(25-22(21)17-29-26(25)33)30-24-8-5-20(16-28-24)32-13-11-31(2)12-14-32/h3-10,15-16H,11-14,17H2,1-2H3,(H,28,30)(H,29,33)/b4-3+. The van der Waals surface area contributed by atoms with Gasteiger partial charge in [-0.3, -0.25) is 9.78 Å². The maximum absolute atomic E-state index is 12.7. The van der Waals surface area contributed by atoms with Crippen LogP contribution < -0.4 is 15.5 Å². The van der Waals surface area contributed by atoms with E-state index in [0.717, 1.165) is 65.8 Å². The molecule has 2 N–H and O–H groups in total. The predicted octanol–water partition coefficient (Wildman–Crippen LogP) is 3.92. The van der Waals surface area contributed by atoms with Crippen LogP contribution in [0.2, 0.25) is 0 Å². The number of hydrogen-bond donors (Lipinski definition) is 2. The summed E-state index contributed by atoms with van der Waals surface area (Å²) in [7, 11) is 2.15. The summed E-state index contributed by atoms with van der Waals surface area (Å²) < 4.78 is 0. The minimum absolute atomic E-state index is 0.0638. The van der Waals surface area contributed by atoms with Crippen molar-refractivity contribution in [2.24, 2.45) is 0 Å². The fourth-order valence-electron chi connectivity index (χ4n) is 4.45. The summed E-state index contributed by atoms with van der Waals surface area (Å²) in [6.45, 7) is 6.61. The summed E-state index contributed by atoms with van der Waals surface area (Å²) in [5.41, 5.74) is 6.56. The smallest absolute Gasteiger partial charge is 0.254 e. The minimum atomic E-state index is -0.0638. The van der Waals surface area contributed by atoms with E-state index in [4.69, 9.17) is 0 Å². The second kappa shape index (κ2) is 9.03. The van der Waals surface area contributed by atoms with Crippen molar-refractivity contribution in [3.05, 3.63) is 71.7 Å². The zero-order valence-electron chi connectivity index (χ0n) is 19.0. The molecule has 0 radical (unpaired) electrons. The number of fused-ring (bicyclic) bond motifs is 1. The van der Waals surface area contributed by atoms with Crippen LogP contribution in [-0.2, 0) is 6.54 Å². The Labute approximate surface area is 194 Å². The molecule has 0 saturated carbocycles. The number of piperazine rings is 1. The van der Waals surface area contributed by atoms with Crippen LogP contribution in [0.4, 0.5) is 17.2 Å². The third-order valence-corrected chi connectivity index (χ3v) is 6.27. The fourth-order valence-corrected chi connectivity index (χ4v) is 4.45. The molecule has 1 saturated heterocycles. The molecule has 1 aromatic carbocycles. The van der Waals surface area contributed by atoms with Gasteiger partial charge in [0.05, 0.1) is 28.8 Å². The molecule has 168 valence electrons. The second-order valence-corrected chi connectivity index (χ2v) is 8.48. The first-order chi connectivity index (χ1) is 16.1. The molecule has 0 bridgehead atoms. The van der Waals surface area contributed by atoms with Crippen LogP contribution in [0.5, 0.6) is 0 Å². The van der Waals surface area contributed by atoms with Gasteiger partial charge in [-0.2, -0.15) is 0 Å². The Balaban J connectivity index is 1.41. The molecule has 0 aliphatic carbocycles. The summed E-state index contributed by atoms with van der Waals surface area (Å²) in [5, 5.41) is 6.34. The van der Waals surface area contributed by atoms with E-state index in [9.17, 15) is 4.79 Å². The Morgan fingerprint density at radius 2 is 1.91 bits per heavy atom. The lowest BCUT2D eigenvalue weighted by molar-refractivity contribution is 0.0966. The average Bonchev–Trinajstić information content (AvgIpc) is 3.23. The Morgan fingerprint density at radius 3 is 2.67 bits per heavy atom. The molecular formula is C26H28N6O. The van der Waals surface area contributed by atoms with E-state index in [1.807, 2.05) is 49.5 Å². The van der Waals surface area contributed by atoms with Crippen molar-refractivity contribution in [2.45, 2.75) is 13.5 Å². The monoisotopic (exact) mass is 440 g/mol. The number of nitrogens with zero attached hydrogens (tertiary/aromatic N) is 4. The van der Waals surface area contributed by atoms with Gasteiger partial charge in [0.2, 0.25) is 0 Å². The highest BCUT2D eigenvalue weighted by Crippen LogP contribution is 2.35. The first-order valence-electron chi connectivity index (χ1n) is 11.3. The van der Waals surface area contributed by atoms with E-state index in [2.05, 4.69) is 49.6 Å². The number of pyridine rings is 2. The number of carbonyl (C=O) groups excluding carboxylic acids is 1. The van der Waals surface area contributed by atoms with Crippen LogP contribution >= 0.6 is 0 Å². The normalized spacial score (nSPS) is 16.2. The molecule has 0 atom stereocenters. The Morgan fingerprint density at radius 1 is 1.06 bits per heavy atom. The summed E-state index contributed by atoms with van der Waals surface area (Å²) in [6, 6.07) is 12.1. The van der Waals surface area contributed by atoms with Crippen LogP contribution in [0.3, 0.4) is 0 Å². The average molecular weight is 441 g/mol. The SMILES string of the molecule is C/C=C/c1cc(-c2ccc(Nc3ccc(N4CCN(C)CC4)cn3)c3c2CNC3=O)ccn1. The van der Waals surface area contributed by atoms with Gasteiger partial charge >= 0.3 is 0 Å². The van der Waals surface area contributed by atoms with Crippen molar-refractivity contribution in [3.8, 4) is 11.1 Å². The summed E-state index contributed by atoms with van der Waals surface area (Å²) >= 11 is 0. The highest BCUT2D eigenvalue weighted by Gasteiger charge is 2.26. The lowest BCUT2D eigenvalue weighted by Crippen LogP contribution is -2.44. The van der Waals surface area contributed by atoms with Crippen LogP contribution in [0.25, 0.3) is 17.2 Å². The maximum atomic E-state index is 12.7. The number of aromatic nitrogens is 2. The molecule has 0 spiro atoms. The molecule has 2 aliphatic heterocycles. The van der Waals surface area contributed by atoms with E-state index in [0.29, 0.717) is 12.1 Å². The summed E-state index contributed by atoms with van der Waals surface area (Å²) in [6.07, 6.45) is 7.65. The van der Waals surface area contributed by atoms with Gasteiger partial charge in [0.1, 0.15) is 5.82 Å².